The first-order valence-corrected chi connectivity index (χ1v) is 11.3. The van der Waals surface area contributed by atoms with Crippen LogP contribution in [0.3, 0.4) is 0 Å². The van der Waals surface area contributed by atoms with Crippen LogP contribution in [0.1, 0.15) is 18.1 Å². The van der Waals surface area contributed by atoms with E-state index in [-0.39, 0.29) is 19.1 Å². The van der Waals surface area contributed by atoms with E-state index in [1.807, 2.05) is 43.3 Å². The van der Waals surface area contributed by atoms with E-state index in [0.29, 0.717) is 22.7 Å². The van der Waals surface area contributed by atoms with Gasteiger partial charge in [0.1, 0.15) is 17.5 Å². The second-order valence-corrected chi connectivity index (χ2v) is 7.85. The van der Waals surface area contributed by atoms with E-state index in [1.54, 1.807) is 49.4 Å². The zero-order valence-corrected chi connectivity index (χ0v) is 20.1. The Morgan fingerprint density at radius 3 is 2.25 bits per heavy atom. The number of aryl methyl sites for hydroxylation is 1. The second kappa shape index (κ2) is 13.3. The fourth-order valence-electron chi connectivity index (χ4n) is 3.00. The van der Waals surface area contributed by atoms with Gasteiger partial charge in [-0.2, -0.15) is 5.10 Å². The first-order chi connectivity index (χ1) is 17.4. The highest BCUT2D eigenvalue weighted by Gasteiger charge is 2.15. The number of hydrogen-bond donors (Lipinski definition) is 3. The molecule has 0 saturated carbocycles. The molecule has 0 heterocycles. The summed E-state index contributed by atoms with van der Waals surface area (Å²) in [7, 11) is 0. The van der Waals surface area contributed by atoms with Gasteiger partial charge < -0.3 is 20.1 Å². The summed E-state index contributed by atoms with van der Waals surface area (Å²) in [4.78, 5) is 36.2. The molecule has 0 aliphatic heterocycles. The zero-order valence-electron chi connectivity index (χ0n) is 20.1. The summed E-state index contributed by atoms with van der Waals surface area (Å²) >= 11 is 0. The molecule has 9 heteroatoms. The number of carbonyl (C=O) groups excluding carboxylic acids is 3. The molecule has 0 aliphatic carbocycles. The minimum atomic E-state index is -0.798. The van der Waals surface area contributed by atoms with Crippen LogP contribution in [-0.2, 0) is 14.4 Å². The molecule has 0 saturated heterocycles. The summed E-state index contributed by atoms with van der Waals surface area (Å²) in [5.41, 5.74) is 4.71. The molecule has 9 nitrogen and oxygen atoms in total. The van der Waals surface area contributed by atoms with Crippen LogP contribution in [0.15, 0.2) is 84.0 Å². The van der Waals surface area contributed by atoms with Crippen molar-refractivity contribution in [3.8, 4) is 11.5 Å². The van der Waals surface area contributed by atoms with E-state index in [1.165, 1.54) is 6.21 Å². The van der Waals surface area contributed by atoms with Crippen molar-refractivity contribution in [1.82, 2.24) is 10.7 Å². The van der Waals surface area contributed by atoms with Gasteiger partial charge in [-0.25, -0.2) is 5.43 Å². The number of hydrogen-bond acceptors (Lipinski definition) is 6. The van der Waals surface area contributed by atoms with Crippen LogP contribution in [0.5, 0.6) is 11.5 Å². The van der Waals surface area contributed by atoms with Crippen molar-refractivity contribution in [3.05, 3.63) is 90.0 Å². The van der Waals surface area contributed by atoms with E-state index in [4.69, 9.17) is 9.47 Å². The fourth-order valence-corrected chi connectivity index (χ4v) is 3.00. The van der Waals surface area contributed by atoms with Crippen LogP contribution < -0.4 is 25.5 Å². The van der Waals surface area contributed by atoms with E-state index in [9.17, 15) is 14.4 Å². The van der Waals surface area contributed by atoms with Crippen LogP contribution >= 0.6 is 0 Å². The molecule has 0 bridgehead atoms. The normalized spacial score (nSPS) is 11.4. The largest absolute Gasteiger partial charge is 0.484 e. The SMILES string of the molecule is Cc1ccccc1OCC(=O)NC(C)C(=O)NN=Cc1ccc(OCC(=O)Nc2ccccc2)cc1. The van der Waals surface area contributed by atoms with E-state index in [2.05, 4.69) is 21.2 Å². The Morgan fingerprint density at radius 2 is 1.53 bits per heavy atom. The van der Waals surface area contributed by atoms with Crippen molar-refractivity contribution >= 4 is 29.6 Å². The highest BCUT2D eigenvalue weighted by atomic mass is 16.5. The van der Waals surface area contributed by atoms with Gasteiger partial charge in [-0.05, 0) is 67.4 Å². The molecule has 1 unspecified atom stereocenters. The Kier molecular flexibility index (Phi) is 9.58. The summed E-state index contributed by atoms with van der Waals surface area (Å²) in [6.45, 7) is 3.11. The molecule has 1 atom stereocenters. The molecular weight excluding hydrogens is 460 g/mol. The molecule has 3 rings (SSSR count). The first-order valence-electron chi connectivity index (χ1n) is 11.3. The predicted octanol–water partition coefficient (Wildman–Crippen LogP) is 3.05. The van der Waals surface area contributed by atoms with Crippen LogP contribution in [0.25, 0.3) is 0 Å². The molecule has 36 heavy (non-hydrogen) atoms. The molecule has 0 aliphatic rings. The lowest BCUT2D eigenvalue weighted by molar-refractivity contribution is -0.129. The molecule has 0 radical (unpaired) electrons. The predicted molar refractivity (Wildman–Crippen MR) is 137 cm³/mol. The molecule has 0 fully saturated rings. The van der Waals surface area contributed by atoms with Crippen LogP contribution in [0, 0.1) is 6.92 Å². The summed E-state index contributed by atoms with van der Waals surface area (Å²) in [6, 6.07) is 22.5. The Labute approximate surface area is 209 Å². The zero-order chi connectivity index (χ0) is 25.8. The van der Waals surface area contributed by atoms with Crippen LogP contribution in [0.4, 0.5) is 5.69 Å². The first kappa shape index (κ1) is 26.0. The van der Waals surface area contributed by atoms with Gasteiger partial charge in [0.25, 0.3) is 17.7 Å². The van der Waals surface area contributed by atoms with Crippen molar-refractivity contribution in [2.24, 2.45) is 5.10 Å². The second-order valence-electron chi connectivity index (χ2n) is 7.85. The Hall–Kier alpha value is -4.66. The number of nitrogens with one attached hydrogen (secondary N) is 3. The summed E-state index contributed by atoms with van der Waals surface area (Å²) in [5, 5.41) is 9.22. The third kappa shape index (κ3) is 8.60. The number of rotatable bonds is 11. The van der Waals surface area contributed by atoms with Gasteiger partial charge in [-0.1, -0.05) is 36.4 Å². The number of benzene rings is 3. The molecule has 3 N–H and O–H groups in total. The summed E-state index contributed by atoms with van der Waals surface area (Å²) in [6.07, 6.45) is 1.46. The number of anilines is 1. The van der Waals surface area contributed by atoms with Gasteiger partial charge in [0.05, 0.1) is 6.21 Å². The maximum Gasteiger partial charge on any atom is 0.262 e. The summed E-state index contributed by atoms with van der Waals surface area (Å²) in [5.74, 6) is -0.0276. The minimum Gasteiger partial charge on any atom is -0.484 e. The average Bonchev–Trinajstić information content (AvgIpc) is 2.88. The monoisotopic (exact) mass is 488 g/mol. The molecule has 186 valence electrons. The average molecular weight is 489 g/mol. The lowest BCUT2D eigenvalue weighted by Gasteiger charge is -2.13. The molecule has 3 aromatic carbocycles. The molecule has 0 spiro atoms. The van der Waals surface area contributed by atoms with Crippen molar-refractivity contribution < 1.29 is 23.9 Å². The van der Waals surface area contributed by atoms with Gasteiger partial charge in [-0.3, -0.25) is 14.4 Å². The van der Waals surface area contributed by atoms with Gasteiger partial charge in [0.15, 0.2) is 13.2 Å². The molecule has 0 aromatic heterocycles. The smallest absolute Gasteiger partial charge is 0.262 e. The lowest BCUT2D eigenvalue weighted by Crippen LogP contribution is -2.45. The Morgan fingerprint density at radius 1 is 0.861 bits per heavy atom. The quantitative estimate of drug-likeness (QED) is 0.283. The maximum absolute atomic E-state index is 12.2. The van der Waals surface area contributed by atoms with Gasteiger partial charge in [0.2, 0.25) is 0 Å². The topological polar surface area (TPSA) is 118 Å². The fraction of sp³-hybridized carbons (Fsp3) is 0.185. The highest BCUT2D eigenvalue weighted by Crippen LogP contribution is 2.15. The Bertz CT molecular complexity index is 1200. The third-order valence-corrected chi connectivity index (χ3v) is 4.92. The van der Waals surface area contributed by atoms with Gasteiger partial charge in [0, 0.05) is 5.69 Å². The lowest BCUT2D eigenvalue weighted by atomic mass is 10.2. The van der Waals surface area contributed by atoms with Crippen molar-refractivity contribution in [2.75, 3.05) is 18.5 Å². The van der Waals surface area contributed by atoms with Crippen molar-refractivity contribution in [1.29, 1.82) is 0 Å². The van der Waals surface area contributed by atoms with Crippen molar-refractivity contribution in [2.45, 2.75) is 19.9 Å². The number of ether oxygens (including phenoxy) is 2. The highest BCUT2D eigenvalue weighted by molar-refractivity contribution is 5.92. The maximum atomic E-state index is 12.2. The minimum absolute atomic E-state index is 0.127. The van der Waals surface area contributed by atoms with Gasteiger partial charge >= 0.3 is 0 Å². The number of para-hydroxylation sites is 2. The van der Waals surface area contributed by atoms with Gasteiger partial charge in [-0.15, -0.1) is 0 Å². The number of nitrogens with zero attached hydrogens (tertiary/aromatic N) is 1. The molecular formula is C27H28N4O5. The number of carbonyl (C=O) groups is 3. The third-order valence-electron chi connectivity index (χ3n) is 4.92. The Balaban J connectivity index is 1.37. The van der Waals surface area contributed by atoms with E-state index < -0.39 is 17.9 Å². The number of hydrazone groups is 1. The standard InChI is InChI=1S/C27H28N4O5/c1-19-8-6-7-11-24(19)36-18-25(32)29-20(2)27(34)31-28-16-21-12-14-23(15-13-21)35-17-26(33)30-22-9-4-3-5-10-22/h3-16,20H,17-18H2,1-2H3,(H,29,32)(H,30,33)(H,31,34). The molecule has 3 amide bonds. The van der Waals surface area contributed by atoms with Crippen LogP contribution in [0.2, 0.25) is 0 Å². The van der Waals surface area contributed by atoms with E-state index in [0.717, 1.165) is 5.56 Å². The van der Waals surface area contributed by atoms with E-state index >= 15 is 0 Å². The van der Waals surface area contributed by atoms with Crippen molar-refractivity contribution in [3.63, 3.8) is 0 Å². The number of amides is 3. The van der Waals surface area contributed by atoms with Crippen LogP contribution in [-0.4, -0.2) is 43.2 Å². The summed E-state index contributed by atoms with van der Waals surface area (Å²) < 4.78 is 11.0. The molecule has 3 aromatic rings.